The maximum atomic E-state index is 12.1. The summed E-state index contributed by atoms with van der Waals surface area (Å²) in [5.74, 6) is 0.483. The van der Waals surface area contributed by atoms with Crippen LogP contribution >= 0.6 is 0 Å². The fraction of sp³-hybridized carbons (Fsp3) is 0.444. The largest absolute Gasteiger partial charge is 0.489 e. The molecule has 222 valence electrons. The Labute approximate surface area is 250 Å². The number of hydrogen-bond donors (Lipinski definition) is 0. The van der Waals surface area contributed by atoms with Crippen LogP contribution in [0.3, 0.4) is 0 Å². The Kier molecular flexibility index (Phi) is 10.3. The third-order valence-corrected chi connectivity index (χ3v) is 8.80. The first kappa shape index (κ1) is 29.8. The molecule has 2 aliphatic carbocycles. The molecule has 0 aliphatic heterocycles. The van der Waals surface area contributed by atoms with Gasteiger partial charge in [-0.15, -0.1) is 0 Å². The van der Waals surface area contributed by atoms with E-state index in [-0.39, 0.29) is 18.0 Å². The molecule has 6 nitrogen and oxygen atoms in total. The molecule has 0 radical (unpaired) electrons. The van der Waals surface area contributed by atoms with E-state index in [9.17, 15) is 9.59 Å². The Bertz CT molecular complexity index is 1380. The van der Waals surface area contributed by atoms with E-state index in [0.717, 1.165) is 50.9 Å². The van der Waals surface area contributed by atoms with Crippen molar-refractivity contribution in [1.82, 2.24) is 4.90 Å². The molecule has 0 fully saturated rings. The number of nitrogens with zero attached hydrogens (tertiary/aromatic N) is 1. The number of rotatable bonds is 13. The first-order valence-corrected chi connectivity index (χ1v) is 15.4. The molecule has 0 heterocycles. The van der Waals surface area contributed by atoms with E-state index >= 15 is 0 Å². The van der Waals surface area contributed by atoms with Crippen molar-refractivity contribution in [1.29, 1.82) is 0 Å². The molecule has 2 aliphatic rings. The van der Waals surface area contributed by atoms with Crippen LogP contribution in [-0.2, 0) is 46.6 Å². The van der Waals surface area contributed by atoms with E-state index < -0.39 is 0 Å². The van der Waals surface area contributed by atoms with E-state index in [4.69, 9.17) is 14.2 Å². The van der Waals surface area contributed by atoms with Gasteiger partial charge in [-0.1, -0.05) is 42.5 Å². The lowest BCUT2D eigenvalue weighted by atomic mass is 9.90. The van der Waals surface area contributed by atoms with Gasteiger partial charge in [0.25, 0.3) is 0 Å². The van der Waals surface area contributed by atoms with E-state index in [2.05, 4.69) is 47.4 Å². The van der Waals surface area contributed by atoms with Gasteiger partial charge in [-0.05, 0) is 116 Å². The summed E-state index contributed by atoms with van der Waals surface area (Å²) in [6.07, 6.45) is 9.88. The van der Waals surface area contributed by atoms with Crippen LogP contribution in [0.15, 0.2) is 60.7 Å². The molecule has 0 N–H and O–H groups in total. The number of carbonyl (C=O) groups excluding carboxylic acids is 2. The van der Waals surface area contributed by atoms with Gasteiger partial charge >= 0.3 is 11.9 Å². The van der Waals surface area contributed by atoms with Crippen molar-refractivity contribution in [2.45, 2.75) is 76.9 Å². The average molecular weight is 570 g/mol. The second kappa shape index (κ2) is 14.5. The number of aryl methyl sites for hydroxylation is 3. The quantitative estimate of drug-likeness (QED) is 0.167. The Morgan fingerprint density at radius 3 is 2.50 bits per heavy atom. The van der Waals surface area contributed by atoms with Crippen molar-refractivity contribution in [3.8, 4) is 5.75 Å². The highest BCUT2D eigenvalue weighted by molar-refractivity contribution is 5.89. The molecule has 0 aromatic heterocycles. The first-order valence-electron chi connectivity index (χ1n) is 15.4. The monoisotopic (exact) mass is 569 g/mol. The van der Waals surface area contributed by atoms with Gasteiger partial charge in [-0.2, -0.15) is 0 Å². The smallest absolute Gasteiger partial charge is 0.337 e. The number of esters is 2. The highest BCUT2D eigenvalue weighted by atomic mass is 16.5. The van der Waals surface area contributed by atoms with Gasteiger partial charge < -0.3 is 14.2 Å². The molecule has 6 heteroatoms. The number of carbonyl (C=O) groups is 2. The van der Waals surface area contributed by atoms with E-state index in [1.807, 2.05) is 18.2 Å². The van der Waals surface area contributed by atoms with Crippen LogP contribution in [0, 0.1) is 0 Å². The van der Waals surface area contributed by atoms with Crippen molar-refractivity contribution >= 4 is 11.9 Å². The number of methoxy groups -OCH3 is 2. The molecule has 1 unspecified atom stereocenters. The van der Waals surface area contributed by atoms with Gasteiger partial charge in [-0.25, -0.2) is 4.79 Å². The number of unbranched alkanes of at least 4 members (excludes halogenated alkanes) is 1. The second-order valence-electron chi connectivity index (χ2n) is 11.5. The molecule has 0 saturated carbocycles. The highest BCUT2D eigenvalue weighted by Gasteiger charge is 2.28. The third kappa shape index (κ3) is 7.40. The summed E-state index contributed by atoms with van der Waals surface area (Å²) in [5.41, 5.74) is 8.51. The molecule has 1 atom stereocenters. The molecule has 42 heavy (non-hydrogen) atoms. The van der Waals surface area contributed by atoms with Crippen LogP contribution < -0.4 is 4.74 Å². The fourth-order valence-electron chi connectivity index (χ4n) is 6.48. The van der Waals surface area contributed by atoms with Gasteiger partial charge in [-0.3, -0.25) is 9.69 Å². The zero-order valence-corrected chi connectivity index (χ0v) is 25.0. The Morgan fingerprint density at radius 1 is 0.833 bits per heavy atom. The summed E-state index contributed by atoms with van der Waals surface area (Å²) in [7, 11) is 2.86. The standard InChI is InChI=1S/C36H43NO5/c1-40-35(38)13-7-8-21-37(33-19-17-30-24-31(36(39)41-2)16-18-32(30)33)22-20-28-10-5-6-12-34(28)42-25-26-14-15-27-9-3-4-11-29(27)23-26/h5-6,10,12,14-16,18,23-24,33H,3-4,7-9,11,13,17,19-22,25H2,1-2H3. The lowest BCUT2D eigenvalue weighted by Gasteiger charge is -2.30. The zero-order chi connectivity index (χ0) is 29.3. The van der Waals surface area contributed by atoms with Gasteiger partial charge in [0, 0.05) is 19.0 Å². The maximum Gasteiger partial charge on any atom is 0.337 e. The normalized spacial score (nSPS) is 15.6. The van der Waals surface area contributed by atoms with Crippen molar-refractivity contribution < 1.29 is 23.8 Å². The number of fused-ring (bicyclic) bond motifs is 2. The molecule has 0 amide bonds. The van der Waals surface area contributed by atoms with Crippen LogP contribution in [0.2, 0.25) is 0 Å². The molecule has 0 spiro atoms. The van der Waals surface area contributed by atoms with Gasteiger partial charge in [0.1, 0.15) is 12.4 Å². The van der Waals surface area contributed by atoms with Crippen LogP contribution in [0.5, 0.6) is 5.75 Å². The molecular weight excluding hydrogens is 526 g/mol. The summed E-state index contributed by atoms with van der Waals surface area (Å²) >= 11 is 0. The van der Waals surface area contributed by atoms with Crippen molar-refractivity contribution in [2.24, 2.45) is 0 Å². The molecule has 5 rings (SSSR count). The summed E-state index contributed by atoms with van der Waals surface area (Å²) in [6, 6.07) is 21.4. The van der Waals surface area contributed by atoms with Crippen LogP contribution in [0.25, 0.3) is 0 Å². The van der Waals surface area contributed by atoms with Crippen LogP contribution in [0.1, 0.15) is 88.3 Å². The second-order valence-corrected chi connectivity index (χ2v) is 11.5. The zero-order valence-electron chi connectivity index (χ0n) is 25.0. The first-order chi connectivity index (χ1) is 20.6. The van der Waals surface area contributed by atoms with Gasteiger partial charge in [0.15, 0.2) is 0 Å². The number of hydrogen-bond acceptors (Lipinski definition) is 6. The maximum absolute atomic E-state index is 12.1. The number of benzene rings is 3. The predicted molar refractivity (Wildman–Crippen MR) is 164 cm³/mol. The summed E-state index contributed by atoms with van der Waals surface area (Å²) in [6.45, 7) is 2.33. The van der Waals surface area contributed by atoms with E-state index in [1.54, 1.807) is 0 Å². The minimum Gasteiger partial charge on any atom is -0.489 e. The Hall–Kier alpha value is -3.64. The predicted octanol–water partition coefficient (Wildman–Crippen LogP) is 6.81. The fourth-order valence-corrected chi connectivity index (χ4v) is 6.48. The minimum absolute atomic E-state index is 0.159. The summed E-state index contributed by atoms with van der Waals surface area (Å²) in [5, 5.41) is 0. The lowest BCUT2D eigenvalue weighted by molar-refractivity contribution is -0.140. The highest BCUT2D eigenvalue weighted by Crippen LogP contribution is 2.37. The minimum atomic E-state index is -0.298. The summed E-state index contributed by atoms with van der Waals surface area (Å²) < 4.78 is 16.2. The van der Waals surface area contributed by atoms with Crippen LogP contribution in [-0.4, -0.2) is 44.1 Å². The van der Waals surface area contributed by atoms with Crippen molar-refractivity contribution in [3.63, 3.8) is 0 Å². The molecule has 0 bridgehead atoms. The number of para-hydroxylation sites is 1. The molecule has 0 saturated heterocycles. The molecule has 3 aromatic rings. The Morgan fingerprint density at radius 2 is 1.67 bits per heavy atom. The topological polar surface area (TPSA) is 65.1 Å². The Balaban J connectivity index is 1.27. The third-order valence-electron chi connectivity index (χ3n) is 8.80. The summed E-state index contributed by atoms with van der Waals surface area (Å²) in [4.78, 5) is 26.3. The SMILES string of the molecule is COC(=O)CCCCN(CCc1ccccc1OCc1ccc2c(c1)CCCC2)C1CCc2cc(C(=O)OC)ccc21. The van der Waals surface area contributed by atoms with E-state index in [0.29, 0.717) is 18.6 Å². The van der Waals surface area contributed by atoms with Crippen molar-refractivity contribution in [2.75, 3.05) is 27.3 Å². The average Bonchev–Trinajstić information content (AvgIpc) is 3.46. The van der Waals surface area contributed by atoms with E-state index in [1.165, 1.54) is 73.3 Å². The van der Waals surface area contributed by atoms with Crippen LogP contribution in [0.4, 0.5) is 0 Å². The molecule has 3 aromatic carbocycles. The lowest BCUT2D eigenvalue weighted by Crippen LogP contribution is -2.31. The van der Waals surface area contributed by atoms with Gasteiger partial charge in [0.2, 0.25) is 0 Å². The van der Waals surface area contributed by atoms with Gasteiger partial charge in [0.05, 0.1) is 19.8 Å². The van der Waals surface area contributed by atoms with Crippen molar-refractivity contribution in [3.05, 3.63) is 99.6 Å². The number of ether oxygens (including phenoxy) is 3. The molecular formula is C36H43NO5.